The molecule has 0 aliphatic heterocycles. The molecule has 0 aliphatic rings. The van der Waals surface area contributed by atoms with Crippen LogP contribution in [0.1, 0.15) is 17.0 Å². The van der Waals surface area contributed by atoms with Crippen LogP contribution in [0.15, 0.2) is 16.7 Å². The molecule has 0 saturated heterocycles. The van der Waals surface area contributed by atoms with Crippen LogP contribution in [0, 0.1) is 19.7 Å². The second-order valence-corrected chi connectivity index (χ2v) is 4.72. The summed E-state index contributed by atoms with van der Waals surface area (Å²) in [5.74, 6) is 0.139. The van der Waals surface area contributed by atoms with Gasteiger partial charge in [-0.15, -0.1) is 0 Å². The van der Waals surface area contributed by atoms with Gasteiger partial charge in [0, 0.05) is 17.8 Å². The summed E-state index contributed by atoms with van der Waals surface area (Å²) in [6.07, 6.45) is 0. The molecule has 0 amide bonds. The minimum absolute atomic E-state index is 0.0104. The van der Waals surface area contributed by atoms with E-state index < -0.39 is 5.82 Å². The van der Waals surface area contributed by atoms with E-state index in [0.29, 0.717) is 12.2 Å². The summed E-state index contributed by atoms with van der Waals surface area (Å²) in [5.41, 5.74) is 2.43. The molecule has 1 heterocycles. The van der Waals surface area contributed by atoms with Gasteiger partial charge in [0.15, 0.2) is 5.82 Å². The Bertz CT molecular complexity index is 541. The summed E-state index contributed by atoms with van der Waals surface area (Å²) in [5, 5.41) is 6.93. The summed E-state index contributed by atoms with van der Waals surface area (Å²) < 4.78 is 18.3. The van der Waals surface area contributed by atoms with E-state index in [4.69, 9.17) is 27.7 Å². The van der Waals surface area contributed by atoms with Crippen molar-refractivity contribution in [1.82, 2.24) is 5.16 Å². The van der Waals surface area contributed by atoms with Crippen molar-refractivity contribution in [2.75, 3.05) is 5.32 Å². The predicted molar refractivity (Wildman–Crippen MR) is 69.7 cm³/mol. The van der Waals surface area contributed by atoms with E-state index in [9.17, 15) is 4.39 Å². The molecule has 2 aromatic rings. The molecular formula is C12H11Cl2FN2O. The maximum absolute atomic E-state index is 13.2. The van der Waals surface area contributed by atoms with Gasteiger partial charge in [-0.3, -0.25) is 0 Å². The number of hydrogen-bond donors (Lipinski definition) is 1. The van der Waals surface area contributed by atoms with Crippen molar-refractivity contribution in [3.63, 3.8) is 0 Å². The lowest BCUT2D eigenvalue weighted by molar-refractivity contribution is 0.392. The van der Waals surface area contributed by atoms with Gasteiger partial charge >= 0.3 is 0 Å². The molecule has 0 fully saturated rings. The molecule has 2 rings (SSSR count). The first-order valence-corrected chi connectivity index (χ1v) is 6.04. The molecule has 1 aromatic carbocycles. The quantitative estimate of drug-likeness (QED) is 0.854. The summed E-state index contributed by atoms with van der Waals surface area (Å²) in [6.45, 7) is 4.21. The first-order chi connectivity index (χ1) is 8.49. The molecule has 0 aliphatic carbocycles. The fraction of sp³-hybridized carbons (Fsp3) is 0.250. The number of halogens is 3. The Kier molecular flexibility index (Phi) is 3.78. The second kappa shape index (κ2) is 5.16. The summed E-state index contributed by atoms with van der Waals surface area (Å²) >= 11 is 11.4. The number of hydrogen-bond acceptors (Lipinski definition) is 3. The fourth-order valence-corrected chi connectivity index (χ4v) is 2.09. The van der Waals surface area contributed by atoms with E-state index in [1.165, 1.54) is 12.1 Å². The monoisotopic (exact) mass is 288 g/mol. The molecule has 0 atom stereocenters. The second-order valence-electron chi connectivity index (χ2n) is 3.91. The number of aromatic nitrogens is 1. The van der Waals surface area contributed by atoms with Gasteiger partial charge in [0.25, 0.3) is 0 Å². The van der Waals surface area contributed by atoms with Crippen LogP contribution in [-0.2, 0) is 6.54 Å². The average molecular weight is 289 g/mol. The maximum atomic E-state index is 13.2. The maximum Gasteiger partial charge on any atom is 0.160 e. The van der Waals surface area contributed by atoms with Crippen LogP contribution in [0.5, 0.6) is 0 Å². The van der Waals surface area contributed by atoms with Crippen LogP contribution in [0.2, 0.25) is 10.0 Å². The molecule has 0 saturated carbocycles. The normalized spacial score (nSPS) is 10.7. The third-order valence-electron chi connectivity index (χ3n) is 2.63. The van der Waals surface area contributed by atoms with E-state index in [0.717, 1.165) is 17.0 Å². The molecule has 0 spiro atoms. The van der Waals surface area contributed by atoms with Crippen LogP contribution >= 0.6 is 23.2 Å². The summed E-state index contributed by atoms with van der Waals surface area (Å²) in [6, 6.07) is 2.97. The molecule has 6 heteroatoms. The highest BCUT2D eigenvalue weighted by molar-refractivity contribution is 6.35. The van der Waals surface area contributed by atoms with Crippen molar-refractivity contribution in [2.45, 2.75) is 20.4 Å². The van der Waals surface area contributed by atoms with Crippen molar-refractivity contribution >= 4 is 28.9 Å². The molecule has 96 valence electrons. The Morgan fingerprint density at radius 3 is 2.39 bits per heavy atom. The minimum atomic E-state index is -0.610. The zero-order valence-electron chi connectivity index (χ0n) is 9.85. The van der Waals surface area contributed by atoms with Crippen molar-refractivity contribution in [1.29, 1.82) is 0 Å². The largest absolute Gasteiger partial charge is 0.381 e. The molecule has 3 nitrogen and oxygen atoms in total. The smallest absolute Gasteiger partial charge is 0.160 e. The lowest BCUT2D eigenvalue weighted by Gasteiger charge is -2.08. The molecule has 0 unspecified atom stereocenters. The van der Waals surface area contributed by atoms with E-state index in [1.807, 2.05) is 13.8 Å². The highest BCUT2D eigenvalue weighted by Gasteiger charge is 2.10. The average Bonchev–Trinajstić information content (AvgIpc) is 2.63. The standard InChI is InChI=1S/C12H11Cl2FN2O/c1-6-9(7(2)18-17-6)5-16-8-3-10(13)12(15)11(14)4-8/h3-4,16H,5H2,1-2H3. The number of benzene rings is 1. The predicted octanol–water partition coefficient (Wildman–Crippen LogP) is 4.35. The van der Waals surface area contributed by atoms with Crippen molar-refractivity contribution in [3.8, 4) is 0 Å². The molecule has 0 bridgehead atoms. The zero-order chi connectivity index (χ0) is 13.3. The lowest BCUT2D eigenvalue weighted by Crippen LogP contribution is -2.01. The van der Waals surface area contributed by atoms with Crippen LogP contribution in [-0.4, -0.2) is 5.16 Å². The minimum Gasteiger partial charge on any atom is -0.381 e. The van der Waals surface area contributed by atoms with Crippen molar-refractivity contribution in [2.24, 2.45) is 0 Å². The lowest BCUT2D eigenvalue weighted by atomic mass is 10.2. The Balaban J connectivity index is 2.16. The third-order valence-corrected chi connectivity index (χ3v) is 3.18. The number of nitrogens with zero attached hydrogens (tertiary/aromatic N) is 1. The van der Waals surface area contributed by atoms with Crippen LogP contribution in [0.3, 0.4) is 0 Å². The Morgan fingerprint density at radius 2 is 1.89 bits per heavy atom. The van der Waals surface area contributed by atoms with E-state index in [1.54, 1.807) is 0 Å². The van der Waals surface area contributed by atoms with Gasteiger partial charge in [0.1, 0.15) is 5.76 Å². The molecule has 0 radical (unpaired) electrons. The van der Waals surface area contributed by atoms with Gasteiger partial charge in [-0.2, -0.15) is 0 Å². The highest BCUT2D eigenvalue weighted by atomic mass is 35.5. The SMILES string of the molecule is Cc1noc(C)c1CNc1cc(Cl)c(F)c(Cl)c1. The molecule has 1 aromatic heterocycles. The fourth-order valence-electron chi connectivity index (χ4n) is 1.60. The Morgan fingerprint density at radius 1 is 1.28 bits per heavy atom. The zero-order valence-corrected chi connectivity index (χ0v) is 11.4. The van der Waals surface area contributed by atoms with Crippen molar-refractivity contribution < 1.29 is 8.91 Å². The topological polar surface area (TPSA) is 38.1 Å². The van der Waals surface area contributed by atoms with Gasteiger partial charge in [0.2, 0.25) is 0 Å². The van der Waals surface area contributed by atoms with Crippen molar-refractivity contribution in [3.05, 3.63) is 45.0 Å². The van der Waals surface area contributed by atoms with Crippen LogP contribution in [0.25, 0.3) is 0 Å². The van der Waals surface area contributed by atoms with Gasteiger partial charge in [0.05, 0.1) is 15.7 Å². The molecular weight excluding hydrogens is 278 g/mol. The van der Waals surface area contributed by atoms with Gasteiger partial charge in [-0.05, 0) is 26.0 Å². The number of rotatable bonds is 3. The number of nitrogens with one attached hydrogen (secondary N) is 1. The summed E-state index contributed by atoms with van der Waals surface area (Å²) in [7, 11) is 0. The molecule has 18 heavy (non-hydrogen) atoms. The Hall–Kier alpha value is -1.26. The van der Waals surface area contributed by atoms with Gasteiger partial charge < -0.3 is 9.84 Å². The van der Waals surface area contributed by atoms with E-state index in [2.05, 4.69) is 10.5 Å². The van der Waals surface area contributed by atoms with E-state index >= 15 is 0 Å². The van der Waals surface area contributed by atoms with Crippen LogP contribution < -0.4 is 5.32 Å². The van der Waals surface area contributed by atoms with Gasteiger partial charge in [-0.1, -0.05) is 28.4 Å². The first kappa shape index (κ1) is 13.2. The number of aryl methyl sites for hydroxylation is 2. The highest BCUT2D eigenvalue weighted by Crippen LogP contribution is 2.27. The third kappa shape index (κ3) is 2.60. The Labute approximate surface area is 114 Å². The van der Waals surface area contributed by atoms with Crippen LogP contribution in [0.4, 0.5) is 10.1 Å². The first-order valence-electron chi connectivity index (χ1n) is 5.29. The van der Waals surface area contributed by atoms with Gasteiger partial charge in [-0.25, -0.2) is 4.39 Å². The summed E-state index contributed by atoms with van der Waals surface area (Å²) in [4.78, 5) is 0. The van der Waals surface area contributed by atoms with E-state index in [-0.39, 0.29) is 10.0 Å². The molecule has 1 N–H and O–H groups in total. The number of anilines is 1.